The van der Waals surface area contributed by atoms with Gasteiger partial charge in [0.2, 0.25) is 15.9 Å². The molecule has 0 fully saturated rings. The summed E-state index contributed by atoms with van der Waals surface area (Å²) >= 11 is 6.12. The summed E-state index contributed by atoms with van der Waals surface area (Å²) < 4.78 is 25.4. The zero-order valence-corrected chi connectivity index (χ0v) is 16.7. The number of hydrogen-bond acceptors (Lipinski definition) is 3. The maximum absolute atomic E-state index is 12.3. The van der Waals surface area contributed by atoms with Crippen molar-refractivity contribution in [1.82, 2.24) is 4.31 Å². The molecule has 2 aromatic rings. The molecule has 1 N–H and O–H groups in total. The Morgan fingerprint density at radius 1 is 1.15 bits per heavy atom. The van der Waals surface area contributed by atoms with E-state index in [0.29, 0.717) is 10.6 Å². The molecule has 2 aromatic carbocycles. The number of amides is 1. The second-order valence-electron chi connectivity index (χ2n) is 6.30. The van der Waals surface area contributed by atoms with Crippen molar-refractivity contribution in [2.24, 2.45) is 0 Å². The lowest BCUT2D eigenvalue weighted by Crippen LogP contribution is -2.32. The first-order chi connectivity index (χ1) is 12.2. The summed E-state index contributed by atoms with van der Waals surface area (Å²) in [5.74, 6) is -0.230. The quantitative estimate of drug-likeness (QED) is 0.777. The van der Waals surface area contributed by atoms with Crippen molar-refractivity contribution >= 4 is 33.2 Å². The molecule has 7 heteroatoms. The van der Waals surface area contributed by atoms with Crippen LogP contribution in [-0.4, -0.2) is 31.4 Å². The highest BCUT2D eigenvalue weighted by Crippen LogP contribution is 2.19. The summed E-state index contributed by atoms with van der Waals surface area (Å²) in [4.78, 5) is 12.3. The molecule has 0 bridgehead atoms. The van der Waals surface area contributed by atoms with E-state index in [4.69, 9.17) is 11.6 Å². The molecule has 0 spiro atoms. The number of rotatable bonds is 7. The molecule has 5 nitrogen and oxygen atoms in total. The molecular formula is C19H23ClN2O3S. The monoisotopic (exact) mass is 394 g/mol. The van der Waals surface area contributed by atoms with Gasteiger partial charge in [-0.05, 0) is 42.7 Å². The lowest BCUT2D eigenvalue weighted by atomic mass is 10.1. The van der Waals surface area contributed by atoms with Crippen LogP contribution in [0.2, 0.25) is 5.02 Å². The lowest BCUT2D eigenvalue weighted by molar-refractivity contribution is -0.116. The highest BCUT2D eigenvalue weighted by Gasteiger charge is 2.19. The van der Waals surface area contributed by atoms with Crippen LogP contribution in [0.1, 0.15) is 23.1 Å². The predicted octanol–water partition coefficient (Wildman–Crippen LogP) is 3.75. The fourth-order valence-corrected chi connectivity index (χ4v) is 3.48. The third-order valence-electron chi connectivity index (χ3n) is 4.03. The molecule has 0 saturated carbocycles. The van der Waals surface area contributed by atoms with E-state index in [1.807, 2.05) is 32.0 Å². The average molecular weight is 395 g/mol. The molecule has 1 amide bonds. The lowest BCUT2D eigenvalue weighted by Gasteiger charge is -2.20. The van der Waals surface area contributed by atoms with Crippen LogP contribution in [0.15, 0.2) is 42.5 Å². The van der Waals surface area contributed by atoms with Gasteiger partial charge >= 0.3 is 0 Å². The van der Waals surface area contributed by atoms with Gasteiger partial charge in [-0.1, -0.05) is 41.9 Å². The Balaban J connectivity index is 2.04. The SMILES string of the molecule is Cc1ccc(C)c(NC(=O)CCN(Cc2ccccc2Cl)S(C)(=O)=O)c1. The number of carbonyl (C=O) groups is 1. The van der Waals surface area contributed by atoms with Gasteiger partial charge in [-0.25, -0.2) is 8.42 Å². The number of aryl methyl sites for hydroxylation is 2. The molecule has 140 valence electrons. The number of sulfonamides is 1. The topological polar surface area (TPSA) is 66.5 Å². The van der Waals surface area contributed by atoms with Crippen molar-refractivity contribution < 1.29 is 13.2 Å². The molecule has 0 aliphatic carbocycles. The molecule has 0 atom stereocenters. The van der Waals surface area contributed by atoms with Gasteiger partial charge in [0.1, 0.15) is 0 Å². The Kier molecular flexibility index (Phi) is 6.81. The Hall–Kier alpha value is -1.89. The first kappa shape index (κ1) is 20.4. The maximum Gasteiger partial charge on any atom is 0.225 e. The Labute approximate surface area is 160 Å². The number of benzene rings is 2. The number of hydrogen-bond donors (Lipinski definition) is 1. The molecule has 0 aliphatic heterocycles. The van der Waals surface area contributed by atoms with Gasteiger partial charge in [0.25, 0.3) is 0 Å². The molecule has 0 radical (unpaired) electrons. The van der Waals surface area contributed by atoms with Gasteiger partial charge in [-0.3, -0.25) is 4.79 Å². The van der Waals surface area contributed by atoms with E-state index in [-0.39, 0.29) is 25.4 Å². The summed E-state index contributed by atoms with van der Waals surface area (Å²) in [5.41, 5.74) is 3.45. The molecule has 0 unspecified atom stereocenters. The van der Waals surface area contributed by atoms with E-state index >= 15 is 0 Å². The molecular weight excluding hydrogens is 372 g/mol. The minimum Gasteiger partial charge on any atom is -0.326 e. The van der Waals surface area contributed by atoms with Crippen LogP contribution in [0.3, 0.4) is 0 Å². The highest BCUT2D eigenvalue weighted by molar-refractivity contribution is 7.88. The molecule has 0 heterocycles. The van der Waals surface area contributed by atoms with Gasteiger partial charge in [0.15, 0.2) is 0 Å². The zero-order chi connectivity index (χ0) is 19.3. The van der Waals surface area contributed by atoms with E-state index in [9.17, 15) is 13.2 Å². The number of anilines is 1. The van der Waals surface area contributed by atoms with Crippen LogP contribution in [0.5, 0.6) is 0 Å². The second kappa shape index (κ2) is 8.66. The van der Waals surface area contributed by atoms with Crippen LogP contribution in [0.25, 0.3) is 0 Å². The summed E-state index contributed by atoms with van der Waals surface area (Å²) in [5, 5.41) is 3.35. The largest absolute Gasteiger partial charge is 0.326 e. The van der Waals surface area contributed by atoms with Crippen LogP contribution in [0, 0.1) is 13.8 Å². The van der Waals surface area contributed by atoms with Crippen molar-refractivity contribution in [2.45, 2.75) is 26.8 Å². The standard InChI is InChI=1S/C19H23ClN2O3S/c1-14-8-9-15(2)18(12-14)21-19(23)10-11-22(26(3,24)25)13-16-6-4-5-7-17(16)20/h4-9,12H,10-11,13H2,1-3H3,(H,21,23). The fourth-order valence-electron chi connectivity index (χ4n) is 2.49. The van der Waals surface area contributed by atoms with Gasteiger partial charge in [0.05, 0.1) is 6.26 Å². The van der Waals surface area contributed by atoms with Crippen molar-refractivity contribution in [2.75, 3.05) is 18.1 Å². The van der Waals surface area contributed by atoms with E-state index in [1.165, 1.54) is 4.31 Å². The van der Waals surface area contributed by atoms with E-state index in [0.717, 1.165) is 23.1 Å². The van der Waals surface area contributed by atoms with E-state index < -0.39 is 10.0 Å². The minimum absolute atomic E-state index is 0.0604. The molecule has 2 rings (SSSR count). The fraction of sp³-hybridized carbons (Fsp3) is 0.316. The summed E-state index contributed by atoms with van der Waals surface area (Å²) in [6, 6.07) is 12.9. The smallest absolute Gasteiger partial charge is 0.225 e. The first-order valence-corrected chi connectivity index (χ1v) is 10.4. The third-order valence-corrected chi connectivity index (χ3v) is 5.65. The zero-order valence-electron chi connectivity index (χ0n) is 15.1. The second-order valence-corrected chi connectivity index (χ2v) is 8.69. The minimum atomic E-state index is -3.47. The van der Waals surface area contributed by atoms with Crippen LogP contribution >= 0.6 is 11.6 Å². The Morgan fingerprint density at radius 2 is 1.85 bits per heavy atom. The van der Waals surface area contributed by atoms with Crippen LogP contribution < -0.4 is 5.32 Å². The van der Waals surface area contributed by atoms with Gasteiger partial charge in [-0.2, -0.15) is 4.31 Å². The van der Waals surface area contributed by atoms with Crippen LogP contribution in [0.4, 0.5) is 5.69 Å². The summed E-state index contributed by atoms with van der Waals surface area (Å²) in [7, 11) is -3.47. The van der Waals surface area contributed by atoms with Crippen LogP contribution in [-0.2, 0) is 21.4 Å². The normalized spacial score (nSPS) is 11.6. The van der Waals surface area contributed by atoms with Crippen molar-refractivity contribution in [1.29, 1.82) is 0 Å². The molecule has 0 saturated heterocycles. The predicted molar refractivity (Wildman–Crippen MR) is 106 cm³/mol. The van der Waals surface area contributed by atoms with E-state index in [2.05, 4.69) is 5.32 Å². The molecule has 0 aromatic heterocycles. The van der Waals surface area contributed by atoms with Gasteiger partial charge < -0.3 is 5.32 Å². The third kappa shape index (κ3) is 5.83. The Morgan fingerprint density at radius 3 is 2.50 bits per heavy atom. The number of halogens is 1. The van der Waals surface area contributed by atoms with Crippen molar-refractivity contribution in [3.8, 4) is 0 Å². The number of nitrogens with one attached hydrogen (secondary N) is 1. The van der Waals surface area contributed by atoms with Gasteiger partial charge in [-0.15, -0.1) is 0 Å². The van der Waals surface area contributed by atoms with E-state index in [1.54, 1.807) is 24.3 Å². The first-order valence-electron chi connectivity index (χ1n) is 8.22. The maximum atomic E-state index is 12.3. The molecule has 26 heavy (non-hydrogen) atoms. The number of nitrogens with zero attached hydrogens (tertiary/aromatic N) is 1. The molecule has 0 aliphatic rings. The van der Waals surface area contributed by atoms with Gasteiger partial charge in [0, 0.05) is 30.2 Å². The summed E-state index contributed by atoms with van der Waals surface area (Å²) in [6.45, 7) is 4.08. The summed E-state index contributed by atoms with van der Waals surface area (Å²) in [6.07, 6.45) is 1.19. The number of carbonyl (C=O) groups excluding carboxylic acids is 1. The van der Waals surface area contributed by atoms with Crippen molar-refractivity contribution in [3.63, 3.8) is 0 Å². The average Bonchev–Trinajstić information content (AvgIpc) is 2.55. The van der Waals surface area contributed by atoms with Crippen molar-refractivity contribution in [3.05, 3.63) is 64.2 Å². The highest BCUT2D eigenvalue weighted by atomic mass is 35.5. The Bertz CT molecular complexity index is 897.